The number of aliphatic hydroxyl groups is 1. The van der Waals surface area contributed by atoms with E-state index in [1.54, 1.807) is 19.2 Å². The number of likely N-dealkylation sites (N-methyl/N-ethyl adjacent to an activating group) is 1. The van der Waals surface area contributed by atoms with E-state index in [9.17, 15) is 9.90 Å². The number of carbonyl (C=O) groups is 1. The molecule has 2 aromatic carbocycles. The van der Waals surface area contributed by atoms with Crippen molar-refractivity contribution in [3.8, 4) is 11.5 Å². The monoisotopic (exact) mass is 424 g/mol. The fourth-order valence-corrected chi connectivity index (χ4v) is 3.26. The predicted molar refractivity (Wildman–Crippen MR) is 121 cm³/mol. The SMILES string of the molecule is COc1cc2ncc(C(N)=O)c(Nc3cccc(CO)c3C)c2cc1OCCN(C)C. The van der Waals surface area contributed by atoms with Crippen LogP contribution in [0.15, 0.2) is 36.5 Å². The number of hydrogen-bond acceptors (Lipinski definition) is 7. The number of anilines is 2. The van der Waals surface area contributed by atoms with Gasteiger partial charge in [-0.1, -0.05) is 12.1 Å². The van der Waals surface area contributed by atoms with Crippen LogP contribution in [0, 0.1) is 6.92 Å². The number of pyridine rings is 1. The van der Waals surface area contributed by atoms with Gasteiger partial charge in [-0.15, -0.1) is 0 Å². The summed E-state index contributed by atoms with van der Waals surface area (Å²) in [5.41, 5.74) is 9.47. The number of aromatic nitrogens is 1. The van der Waals surface area contributed by atoms with Crippen LogP contribution in [0.2, 0.25) is 0 Å². The number of amides is 1. The number of fused-ring (bicyclic) bond motifs is 1. The second-order valence-corrected chi connectivity index (χ2v) is 7.46. The molecule has 0 aliphatic rings. The van der Waals surface area contributed by atoms with Crippen LogP contribution < -0.4 is 20.5 Å². The van der Waals surface area contributed by atoms with Crippen LogP contribution in [0.25, 0.3) is 10.9 Å². The van der Waals surface area contributed by atoms with Crippen LogP contribution in [-0.2, 0) is 6.61 Å². The van der Waals surface area contributed by atoms with Crippen LogP contribution in [0.1, 0.15) is 21.5 Å². The van der Waals surface area contributed by atoms with E-state index in [1.165, 1.54) is 6.20 Å². The third-order valence-electron chi connectivity index (χ3n) is 5.09. The zero-order chi connectivity index (χ0) is 22.5. The summed E-state index contributed by atoms with van der Waals surface area (Å²) < 4.78 is 11.4. The number of aliphatic hydroxyl groups excluding tert-OH is 1. The lowest BCUT2D eigenvalue weighted by atomic mass is 10.0. The Kier molecular flexibility index (Phi) is 6.94. The Morgan fingerprint density at radius 2 is 2.03 bits per heavy atom. The number of primary amides is 1. The normalized spacial score (nSPS) is 11.0. The molecule has 0 saturated carbocycles. The average Bonchev–Trinajstić information content (AvgIpc) is 2.74. The van der Waals surface area contributed by atoms with Crippen molar-refractivity contribution in [1.82, 2.24) is 9.88 Å². The van der Waals surface area contributed by atoms with Gasteiger partial charge in [-0.25, -0.2) is 0 Å². The van der Waals surface area contributed by atoms with Crippen molar-refractivity contribution < 1.29 is 19.4 Å². The Morgan fingerprint density at radius 1 is 1.26 bits per heavy atom. The predicted octanol–water partition coefficient (Wildman–Crippen LogP) is 2.83. The van der Waals surface area contributed by atoms with Crippen molar-refractivity contribution in [3.63, 3.8) is 0 Å². The first kappa shape index (κ1) is 22.3. The molecule has 1 amide bonds. The van der Waals surface area contributed by atoms with Crippen molar-refractivity contribution in [2.75, 3.05) is 39.7 Å². The molecule has 8 heteroatoms. The van der Waals surface area contributed by atoms with Gasteiger partial charge in [0.25, 0.3) is 5.91 Å². The third-order valence-corrected chi connectivity index (χ3v) is 5.09. The second kappa shape index (κ2) is 9.63. The molecule has 0 spiro atoms. The maximum atomic E-state index is 12.2. The van der Waals surface area contributed by atoms with Crippen molar-refractivity contribution in [3.05, 3.63) is 53.2 Å². The van der Waals surface area contributed by atoms with E-state index in [0.717, 1.165) is 23.4 Å². The number of nitrogens with one attached hydrogen (secondary N) is 1. The summed E-state index contributed by atoms with van der Waals surface area (Å²) in [6.07, 6.45) is 1.45. The smallest absolute Gasteiger partial charge is 0.252 e. The maximum Gasteiger partial charge on any atom is 0.252 e. The van der Waals surface area contributed by atoms with Crippen molar-refractivity contribution in [2.45, 2.75) is 13.5 Å². The number of nitrogens with zero attached hydrogens (tertiary/aromatic N) is 2. The highest BCUT2D eigenvalue weighted by Gasteiger charge is 2.18. The van der Waals surface area contributed by atoms with Gasteiger partial charge in [0.1, 0.15) is 6.61 Å². The van der Waals surface area contributed by atoms with Gasteiger partial charge in [-0.2, -0.15) is 0 Å². The van der Waals surface area contributed by atoms with E-state index in [-0.39, 0.29) is 12.2 Å². The molecule has 0 saturated heterocycles. The molecule has 0 fully saturated rings. The van der Waals surface area contributed by atoms with Crippen molar-refractivity contribution in [2.24, 2.45) is 5.73 Å². The molecule has 0 aliphatic heterocycles. The molecule has 3 rings (SSSR count). The van der Waals surface area contributed by atoms with Crippen LogP contribution in [-0.4, -0.2) is 55.3 Å². The van der Waals surface area contributed by atoms with Gasteiger partial charge in [0.15, 0.2) is 11.5 Å². The summed E-state index contributed by atoms with van der Waals surface area (Å²) in [5, 5.41) is 13.6. The van der Waals surface area contributed by atoms with Crippen LogP contribution in [0.5, 0.6) is 11.5 Å². The molecular formula is C23H28N4O4. The standard InChI is InChI=1S/C23H28N4O4/c1-14-15(13-28)6-5-7-18(14)26-22-16-10-21(31-9-8-27(2)3)20(30-4)11-19(16)25-12-17(22)23(24)29/h5-7,10-12,28H,8-9,13H2,1-4H3,(H2,24,29)(H,25,26). The molecule has 1 aromatic heterocycles. The Hall–Kier alpha value is -3.36. The minimum atomic E-state index is -0.598. The van der Waals surface area contributed by atoms with Gasteiger partial charge in [0, 0.05) is 29.9 Å². The number of hydrogen-bond donors (Lipinski definition) is 3. The van der Waals surface area contributed by atoms with Gasteiger partial charge in [-0.05, 0) is 44.3 Å². The lowest BCUT2D eigenvalue weighted by Gasteiger charge is -2.18. The van der Waals surface area contributed by atoms with Crippen LogP contribution in [0.4, 0.5) is 11.4 Å². The largest absolute Gasteiger partial charge is 0.493 e. The Bertz CT molecular complexity index is 1100. The van der Waals surface area contributed by atoms with Gasteiger partial charge < -0.3 is 30.5 Å². The quantitative estimate of drug-likeness (QED) is 0.484. The van der Waals surface area contributed by atoms with Crippen LogP contribution >= 0.6 is 0 Å². The zero-order valence-corrected chi connectivity index (χ0v) is 18.2. The Labute approximate surface area is 181 Å². The second-order valence-electron chi connectivity index (χ2n) is 7.46. The fourth-order valence-electron chi connectivity index (χ4n) is 3.26. The van der Waals surface area contributed by atoms with E-state index in [0.29, 0.717) is 34.7 Å². The molecule has 1 heterocycles. The van der Waals surface area contributed by atoms with Crippen molar-refractivity contribution >= 4 is 28.2 Å². The molecular weight excluding hydrogens is 396 g/mol. The van der Waals surface area contributed by atoms with Gasteiger partial charge >= 0.3 is 0 Å². The number of nitrogens with two attached hydrogens (primary N) is 1. The lowest BCUT2D eigenvalue weighted by molar-refractivity contribution is 0.100. The number of benzene rings is 2. The van der Waals surface area contributed by atoms with Gasteiger partial charge in [0.2, 0.25) is 0 Å². The molecule has 0 unspecified atom stereocenters. The first-order chi connectivity index (χ1) is 14.8. The fraction of sp³-hybridized carbons (Fsp3) is 0.304. The summed E-state index contributed by atoms with van der Waals surface area (Å²) in [5.74, 6) is 0.498. The highest BCUT2D eigenvalue weighted by atomic mass is 16.5. The summed E-state index contributed by atoms with van der Waals surface area (Å²) in [6, 6.07) is 9.14. The molecule has 0 radical (unpaired) electrons. The average molecular weight is 425 g/mol. The number of rotatable bonds is 9. The van der Waals surface area contributed by atoms with E-state index in [1.807, 2.05) is 44.1 Å². The number of ether oxygens (including phenoxy) is 2. The Morgan fingerprint density at radius 3 is 2.68 bits per heavy atom. The molecule has 31 heavy (non-hydrogen) atoms. The molecule has 0 aliphatic carbocycles. The van der Waals surface area contributed by atoms with E-state index in [4.69, 9.17) is 15.2 Å². The van der Waals surface area contributed by atoms with E-state index < -0.39 is 5.91 Å². The lowest BCUT2D eigenvalue weighted by Crippen LogP contribution is -2.19. The topological polar surface area (TPSA) is 110 Å². The van der Waals surface area contributed by atoms with Gasteiger partial charge in [-0.3, -0.25) is 9.78 Å². The minimum Gasteiger partial charge on any atom is -0.493 e. The van der Waals surface area contributed by atoms with Gasteiger partial charge in [0.05, 0.1) is 30.5 Å². The molecule has 0 atom stereocenters. The molecule has 164 valence electrons. The van der Waals surface area contributed by atoms with Crippen LogP contribution in [0.3, 0.4) is 0 Å². The Balaban J connectivity index is 2.15. The third kappa shape index (κ3) is 4.87. The van der Waals surface area contributed by atoms with E-state index >= 15 is 0 Å². The molecule has 0 bridgehead atoms. The highest BCUT2D eigenvalue weighted by molar-refractivity contribution is 6.08. The summed E-state index contributed by atoms with van der Waals surface area (Å²) >= 11 is 0. The summed E-state index contributed by atoms with van der Waals surface area (Å²) in [4.78, 5) is 18.6. The zero-order valence-electron chi connectivity index (χ0n) is 18.2. The van der Waals surface area contributed by atoms with Crippen molar-refractivity contribution in [1.29, 1.82) is 0 Å². The number of methoxy groups -OCH3 is 1. The summed E-state index contributed by atoms with van der Waals surface area (Å²) in [6.45, 7) is 3.03. The first-order valence-corrected chi connectivity index (χ1v) is 9.90. The molecule has 4 N–H and O–H groups in total. The first-order valence-electron chi connectivity index (χ1n) is 9.90. The van der Waals surface area contributed by atoms with E-state index in [2.05, 4.69) is 10.3 Å². The minimum absolute atomic E-state index is 0.0812. The maximum absolute atomic E-state index is 12.2. The summed E-state index contributed by atoms with van der Waals surface area (Å²) in [7, 11) is 5.50. The molecule has 8 nitrogen and oxygen atoms in total. The molecule has 3 aromatic rings. The highest BCUT2D eigenvalue weighted by Crippen LogP contribution is 2.37. The number of carbonyl (C=O) groups excluding carboxylic acids is 1.